The molecule has 0 radical (unpaired) electrons. The summed E-state index contributed by atoms with van der Waals surface area (Å²) in [6.07, 6.45) is -9.27. The lowest BCUT2D eigenvalue weighted by molar-refractivity contribution is -0.290. The fraction of sp³-hybridized carbons (Fsp3) is 0.500. The van der Waals surface area contributed by atoms with E-state index in [1.165, 1.54) is 24.3 Å². The van der Waals surface area contributed by atoms with Crippen LogP contribution < -0.4 is 4.74 Å². The molecule has 0 bridgehead atoms. The minimum absolute atomic E-state index is 0.0209. The maximum Gasteiger partial charge on any atom is 0.453 e. The van der Waals surface area contributed by atoms with Gasteiger partial charge < -0.3 is 9.84 Å². The molecule has 0 saturated heterocycles. The van der Waals surface area contributed by atoms with Gasteiger partial charge in [-0.3, -0.25) is 0 Å². The van der Waals surface area contributed by atoms with Crippen molar-refractivity contribution in [2.45, 2.75) is 31.5 Å². The SMILES string of the molecule is CCOc1ccc(C(O)CC(F)(F)C(F)(F)F)cc1. The maximum absolute atomic E-state index is 12.8. The van der Waals surface area contributed by atoms with E-state index in [4.69, 9.17) is 4.74 Å². The summed E-state index contributed by atoms with van der Waals surface area (Å²) in [5, 5.41) is 9.42. The summed E-state index contributed by atoms with van der Waals surface area (Å²) < 4.78 is 66.6. The topological polar surface area (TPSA) is 29.5 Å². The molecule has 1 aromatic carbocycles. The van der Waals surface area contributed by atoms with Gasteiger partial charge in [-0.2, -0.15) is 22.0 Å². The number of benzene rings is 1. The summed E-state index contributed by atoms with van der Waals surface area (Å²) in [7, 11) is 0. The molecule has 0 aliphatic heterocycles. The Hall–Kier alpha value is -1.37. The molecule has 1 aromatic rings. The molecule has 1 rings (SSSR count). The Morgan fingerprint density at radius 2 is 1.63 bits per heavy atom. The van der Waals surface area contributed by atoms with Gasteiger partial charge in [-0.15, -0.1) is 0 Å². The van der Waals surface area contributed by atoms with Crippen LogP contribution in [0.1, 0.15) is 25.0 Å². The predicted octanol–water partition coefficient (Wildman–Crippen LogP) is 3.71. The minimum Gasteiger partial charge on any atom is -0.494 e. The molecule has 0 aliphatic carbocycles. The number of hydrogen-bond donors (Lipinski definition) is 1. The molecule has 1 unspecified atom stereocenters. The van der Waals surface area contributed by atoms with E-state index < -0.39 is 24.6 Å². The van der Waals surface area contributed by atoms with Crippen LogP contribution in [0.4, 0.5) is 22.0 Å². The van der Waals surface area contributed by atoms with Crippen molar-refractivity contribution in [3.8, 4) is 5.75 Å². The summed E-state index contributed by atoms with van der Waals surface area (Å²) in [6.45, 7) is 2.14. The van der Waals surface area contributed by atoms with Gasteiger partial charge in [0.05, 0.1) is 19.1 Å². The second kappa shape index (κ2) is 5.73. The van der Waals surface area contributed by atoms with E-state index in [1.54, 1.807) is 6.92 Å². The summed E-state index contributed by atoms with van der Waals surface area (Å²) >= 11 is 0. The third-order valence-corrected chi connectivity index (χ3v) is 2.44. The van der Waals surface area contributed by atoms with Gasteiger partial charge in [0.2, 0.25) is 0 Å². The van der Waals surface area contributed by atoms with Crippen molar-refractivity contribution in [3.05, 3.63) is 29.8 Å². The number of rotatable bonds is 5. The van der Waals surface area contributed by atoms with Crippen molar-refractivity contribution in [3.63, 3.8) is 0 Å². The first-order valence-electron chi connectivity index (χ1n) is 5.52. The van der Waals surface area contributed by atoms with Crippen LogP contribution >= 0.6 is 0 Å². The number of hydrogen-bond acceptors (Lipinski definition) is 2. The summed E-state index contributed by atoms with van der Waals surface area (Å²) in [6, 6.07) is 5.30. The van der Waals surface area contributed by atoms with Crippen LogP contribution in [0.5, 0.6) is 5.75 Å². The van der Waals surface area contributed by atoms with Crippen LogP contribution in [0.3, 0.4) is 0 Å². The highest BCUT2D eigenvalue weighted by atomic mass is 19.4. The lowest BCUT2D eigenvalue weighted by atomic mass is 10.0. The second-order valence-corrected chi connectivity index (χ2v) is 3.92. The van der Waals surface area contributed by atoms with Gasteiger partial charge in [0.25, 0.3) is 0 Å². The molecule has 0 amide bonds. The molecule has 0 heterocycles. The van der Waals surface area contributed by atoms with Crippen LogP contribution in [0.25, 0.3) is 0 Å². The number of aliphatic hydroxyl groups is 1. The number of aliphatic hydroxyl groups excluding tert-OH is 1. The van der Waals surface area contributed by atoms with E-state index in [-0.39, 0.29) is 5.56 Å². The Kier molecular flexibility index (Phi) is 4.73. The van der Waals surface area contributed by atoms with Crippen LogP contribution in [-0.2, 0) is 0 Å². The van der Waals surface area contributed by atoms with E-state index in [1.807, 2.05) is 0 Å². The summed E-state index contributed by atoms with van der Waals surface area (Å²) in [5.74, 6) is -4.48. The molecule has 1 N–H and O–H groups in total. The first kappa shape index (κ1) is 15.7. The van der Waals surface area contributed by atoms with Gasteiger partial charge in [-0.05, 0) is 24.6 Å². The van der Waals surface area contributed by atoms with Gasteiger partial charge in [-0.25, -0.2) is 0 Å². The zero-order chi connectivity index (χ0) is 14.7. The summed E-state index contributed by atoms with van der Waals surface area (Å²) in [4.78, 5) is 0. The van der Waals surface area contributed by atoms with Gasteiger partial charge in [0, 0.05) is 0 Å². The fourth-order valence-electron chi connectivity index (χ4n) is 1.43. The Morgan fingerprint density at radius 3 is 2.05 bits per heavy atom. The highest BCUT2D eigenvalue weighted by Crippen LogP contribution is 2.41. The van der Waals surface area contributed by atoms with Crippen LogP contribution in [0.15, 0.2) is 24.3 Å². The molecule has 1 atom stereocenters. The van der Waals surface area contributed by atoms with Crippen LogP contribution in [-0.4, -0.2) is 23.8 Å². The Balaban J connectivity index is 2.75. The monoisotopic (exact) mass is 284 g/mol. The zero-order valence-electron chi connectivity index (χ0n) is 10.0. The molecular weight excluding hydrogens is 271 g/mol. The lowest BCUT2D eigenvalue weighted by Crippen LogP contribution is -2.37. The highest BCUT2D eigenvalue weighted by molar-refractivity contribution is 5.28. The third kappa shape index (κ3) is 4.05. The molecule has 0 fully saturated rings. The molecular formula is C12H13F5O2. The van der Waals surface area contributed by atoms with Crippen molar-refractivity contribution < 1.29 is 31.8 Å². The second-order valence-electron chi connectivity index (χ2n) is 3.92. The third-order valence-electron chi connectivity index (χ3n) is 2.44. The van der Waals surface area contributed by atoms with Gasteiger partial charge in [-0.1, -0.05) is 12.1 Å². The standard InChI is InChI=1S/C12H13F5O2/c1-2-19-9-5-3-8(4-6-9)10(18)7-11(13,14)12(15,16)17/h3-6,10,18H,2,7H2,1H3. The predicted molar refractivity (Wildman–Crippen MR) is 58.2 cm³/mol. The van der Waals surface area contributed by atoms with Crippen molar-refractivity contribution >= 4 is 0 Å². The minimum atomic E-state index is -5.67. The Morgan fingerprint density at radius 1 is 1.11 bits per heavy atom. The van der Waals surface area contributed by atoms with Crippen molar-refractivity contribution in [1.29, 1.82) is 0 Å². The molecule has 0 aliphatic rings. The van der Waals surface area contributed by atoms with E-state index in [9.17, 15) is 27.1 Å². The molecule has 0 aromatic heterocycles. The van der Waals surface area contributed by atoms with Gasteiger partial charge >= 0.3 is 12.1 Å². The van der Waals surface area contributed by atoms with E-state index in [0.29, 0.717) is 12.4 Å². The largest absolute Gasteiger partial charge is 0.494 e. The number of halogens is 5. The van der Waals surface area contributed by atoms with E-state index in [0.717, 1.165) is 0 Å². The Labute approximate surface area is 106 Å². The zero-order valence-corrected chi connectivity index (χ0v) is 10.0. The normalized spacial score (nSPS) is 14.3. The first-order valence-corrected chi connectivity index (χ1v) is 5.52. The molecule has 2 nitrogen and oxygen atoms in total. The number of alkyl halides is 5. The Bertz CT molecular complexity index is 400. The quantitative estimate of drug-likeness (QED) is 0.835. The average Bonchev–Trinajstić information content (AvgIpc) is 2.28. The average molecular weight is 284 g/mol. The molecule has 19 heavy (non-hydrogen) atoms. The number of ether oxygens (including phenoxy) is 1. The fourth-order valence-corrected chi connectivity index (χ4v) is 1.43. The summed E-state index contributed by atoms with van der Waals surface area (Å²) in [5.41, 5.74) is -0.0209. The van der Waals surface area contributed by atoms with Crippen molar-refractivity contribution in [1.82, 2.24) is 0 Å². The molecule has 0 spiro atoms. The van der Waals surface area contributed by atoms with Gasteiger partial charge in [0.15, 0.2) is 0 Å². The maximum atomic E-state index is 12.8. The molecule has 7 heteroatoms. The van der Waals surface area contributed by atoms with Crippen LogP contribution in [0.2, 0.25) is 0 Å². The van der Waals surface area contributed by atoms with E-state index in [2.05, 4.69) is 0 Å². The smallest absolute Gasteiger partial charge is 0.453 e. The van der Waals surface area contributed by atoms with Crippen LogP contribution in [0, 0.1) is 0 Å². The molecule has 0 saturated carbocycles. The first-order chi connectivity index (χ1) is 8.67. The lowest BCUT2D eigenvalue weighted by Gasteiger charge is -2.22. The van der Waals surface area contributed by atoms with Crippen molar-refractivity contribution in [2.24, 2.45) is 0 Å². The highest BCUT2D eigenvalue weighted by Gasteiger charge is 2.58. The van der Waals surface area contributed by atoms with E-state index >= 15 is 0 Å². The van der Waals surface area contributed by atoms with Crippen molar-refractivity contribution in [2.75, 3.05) is 6.61 Å². The molecule has 108 valence electrons. The van der Waals surface area contributed by atoms with Gasteiger partial charge in [0.1, 0.15) is 5.75 Å².